The Bertz CT molecular complexity index is 589. The fourth-order valence-corrected chi connectivity index (χ4v) is 4.97. The second-order valence-corrected chi connectivity index (χ2v) is 8.07. The summed E-state index contributed by atoms with van der Waals surface area (Å²) in [4.78, 5) is 4.06. The van der Waals surface area contributed by atoms with Crippen molar-refractivity contribution in [2.24, 2.45) is 0 Å². The largest absolute Gasteiger partial charge is 0.355 e. The molecule has 1 aromatic heterocycles. The van der Waals surface area contributed by atoms with Crippen LogP contribution in [0.1, 0.15) is 36.1 Å². The average molecular weight is 408 g/mol. The Labute approximate surface area is 158 Å². The fraction of sp³-hybridized carbons (Fsp3) is 0.500. The average Bonchev–Trinajstić information content (AvgIpc) is 3.15. The molecule has 1 atom stereocenters. The molecule has 0 spiro atoms. The highest BCUT2D eigenvalue weighted by Gasteiger charge is 2.38. The van der Waals surface area contributed by atoms with E-state index in [4.69, 9.17) is 4.74 Å². The molecule has 2 nitrogen and oxygen atoms in total. The van der Waals surface area contributed by atoms with Crippen molar-refractivity contribution in [3.05, 3.63) is 58.3 Å². The van der Waals surface area contributed by atoms with Crippen LogP contribution in [0.2, 0.25) is 0 Å². The number of alkyl halides is 1. The molecule has 1 aromatic carbocycles. The van der Waals surface area contributed by atoms with Crippen molar-refractivity contribution in [1.82, 2.24) is 4.90 Å². The molecular formula is C20H26BrNOS. The number of hydrogen-bond acceptors (Lipinski definition) is 3. The van der Waals surface area contributed by atoms with E-state index in [9.17, 15) is 0 Å². The van der Waals surface area contributed by atoms with Crippen molar-refractivity contribution in [1.29, 1.82) is 0 Å². The fourth-order valence-electron chi connectivity index (χ4n) is 3.43. The molecule has 0 radical (unpaired) electrons. The number of likely N-dealkylation sites (tertiary alicyclic amines) is 1. The lowest BCUT2D eigenvalue weighted by molar-refractivity contribution is -0.166. The molecule has 1 unspecified atom stereocenters. The van der Waals surface area contributed by atoms with Gasteiger partial charge in [-0.2, -0.15) is 0 Å². The molecule has 0 amide bonds. The summed E-state index contributed by atoms with van der Waals surface area (Å²) in [7, 11) is 0. The van der Waals surface area contributed by atoms with Crippen LogP contribution in [0.25, 0.3) is 0 Å². The Kier molecular flexibility index (Phi) is 6.90. The normalized spacial score (nSPS) is 21.9. The van der Waals surface area contributed by atoms with Crippen molar-refractivity contribution in [2.45, 2.75) is 44.4 Å². The highest BCUT2D eigenvalue weighted by molar-refractivity contribution is 9.09. The second-order valence-electron chi connectivity index (χ2n) is 6.48. The van der Waals surface area contributed by atoms with Gasteiger partial charge in [-0.05, 0) is 49.1 Å². The maximum absolute atomic E-state index is 6.49. The number of rotatable bonds is 8. The Morgan fingerprint density at radius 3 is 2.75 bits per heavy atom. The zero-order valence-electron chi connectivity index (χ0n) is 14.1. The third kappa shape index (κ3) is 4.69. The van der Waals surface area contributed by atoms with Gasteiger partial charge in [0.1, 0.15) is 5.72 Å². The van der Waals surface area contributed by atoms with Gasteiger partial charge >= 0.3 is 0 Å². The van der Waals surface area contributed by atoms with Gasteiger partial charge in [-0.1, -0.05) is 52.3 Å². The summed E-state index contributed by atoms with van der Waals surface area (Å²) in [6.45, 7) is 2.94. The first kappa shape index (κ1) is 18.1. The van der Waals surface area contributed by atoms with E-state index >= 15 is 0 Å². The van der Waals surface area contributed by atoms with Gasteiger partial charge in [0.05, 0.1) is 6.61 Å². The third-order valence-electron chi connectivity index (χ3n) is 4.81. The minimum atomic E-state index is -0.149. The predicted octanol–water partition coefficient (Wildman–Crippen LogP) is 5.47. The van der Waals surface area contributed by atoms with E-state index in [1.54, 1.807) is 0 Å². The lowest BCUT2D eigenvalue weighted by Gasteiger charge is -2.46. The Morgan fingerprint density at radius 1 is 1.12 bits per heavy atom. The molecule has 0 bridgehead atoms. The SMILES string of the molecule is BrCC1(OCc2ccccc2)CCCCN1CCCc1cccs1. The molecule has 130 valence electrons. The summed E-state index contributed by atoms with van der Waals surface area (Å²) in [6, 6.07) is 14.9. The number of nitrogens with zero attached hydrogens (tertiary/aromatic N) is 1. The molecule has 0 N–H and O–H groups in total. The predicted molar refractivity (Wildman–Crippen MR) is 106 cm³/mol. The molecule has 2 aromatic rings. The van der Waals surface area contributed by atoms with Gasteiger partial charge in [0, 0.05) is 23.3 Å². The van der Waals surface area contributed by atoms with E-state index in [0.29, 0.717) is 6.61 Å². The van der Waals surface area contributed by atoms with Crippen LogP contribution in [0.5, 0.6) is 0 Å². The van der Waals surface area contributed by atoms with Crippen LogP contribution in [-0.2, 0) is 17.8 Å². The van der Waals surface area contributed by atoms with Gasteiger partial charge in [0.25, 0.3) is 0 Å². The van der Waals surface area contributed by atoms with Gasteiger partial charge in [0.2, 0.25) is 0 Å². The van der Waals surface area contributed by atoms with Crippen LogP contribution in [0.3, 0.4) is 0 Å². The molecule has 1 saturated heterocycles. The molecule has 2 heterocycles. The number of benzene rings is 1. The standard InChI is InChI=1S/C20H26BrNOS/c21-17-20(23-16-18-8-2-1-3-9-18)12-4-5-13-22(20)14-6-10-19-11-7-15-24-19/h1-3,7-9,11,15H,4-6,10,12-14,16-17H2. The molecule has 1 aliphatic rings. The van der Waals surface area contributed by atoms with Crippen LogP contribution in [-0.4, -0.2) is 29.0 Å². The van der Waals surface area contributed by atoms with Gasteiger partial charge in [-0.25, -0.2) is 0 Å². The quantitative estimate of drug-likeness (QED) is 0.537. The monoisotopic (exact) mass is 407 g/mol. The van der Waals surface area contributed by atoms with Crippen LogP contribution in [0, 0.1) is 0 Å². The summed E-state index contributed by atoms with van der Waals surface area (Å²) in [5, 5.41) is 3.05. The minimum Gasteiger partial charge on any atom is -0.355 e. The summed E-state index contributed by atoms with van der Waals surface area (Å²) < 4.78 is 6.49. The summed E-state index contributed by atoms with van der Waals surface area (Å²) in [5.74, 6) is 0. The third-order valence-corrected chi connectivity index (χ3v) is 6.62. The van der Waals surface area contributed by atoms with E-state index in [0.717, 1.165) is 24.8 Å². The number of piperidine rings is 1. The van der Waals surface area contributed by atoms with E-state index in [1.807, 2.05) is 11.3 Å². The highest BCUT2D eigenvalue weighted by Crippen LogP contribution is 2.32. The number of ether oxygens (including phenoxy) is 1. The van der Waals surface area contributed by atoms with Crippen molar-refractivity contribution in [3.63, 3.8) is 0 Å². The summed E-state index contributed by atoms with van der Waals surface area (Å²) in [6.07, 6.45) is 6.02. The maximum atomic E-state index is 6.49. The highest BCUT2D eigenvalue weighted by atomic mass is 79.9. The van der Waals surface area contributed by atoms with Gasteiger partial charge < -0.3 is 4.74 Å². The molecule has 0 saturated carbocycles. The van der Waals surface area contributed by atoms with E-state index in [-0.39, 0.29) is 5.72 Å². The van der Waals surface area contributed by atoms with Crippen LogP contribution < -0.4 is 0 Å². The first-order valence-corrected chi connectivity index (χ1v) is 10.8. The first-order valence-electron chi connectivity index (χ1n) is 8.84. The number of hydrogen-bond donors (Lipinski definition) is 0. The zero-order valence-corrected chi connectivity index (χ0v) is 16.5. The number of halogens is 1. The van der Waals surface area contributed by atoms with E-state index in [1.165, 1.54) is 36.1 Å². The lowest BCUT2D eigenvalue weighted by Crippen LogP contribution is -2.55. The number of aryl methyl sites for hydroxylation is 1. The summed E-state index contributed by atoms with van der Waals surface area (Å²) >= 11 is 5.61. The smallest absolute Gasteiger partial charge is 0.131 e. The van der Waals surface area contributed by atoms with E-state index in [2.05, 4.69) is 68.7 Å². The number of thiophene rings is 1. The second kappa shape index (κ2) is 9.14. The molecule has 1 aliphatic heterocycles. The van der Waals surface area contributed by atoms with Crippen molar-refractivity contribution in [2.75, 3.05) is 18.4 Å². The molecule has 3 rings (SSSR count). The molecular weight excluding hydrogens is 382 g/mol. The van der Waals surface area contributed by atoms with Crippen molar-refractivity contribution in [3.8, 4) is 0 Å². The summed E-state index contributed by atoms with van der Waals surface area (Å²) in [5.41, 5.74) is 1.10. The Hall–Kier alpha value is -0.680. The zero-order chi connectivity index (χ0) is 16.7. The topological polar surface area (TPSA) is 12.5 Å². The van der Waals surface area contributed by atoms with Gasteiger partial charge in [0.15, 0.2) is 0 Å². The van der Waals surface area contributed by atoms with Crippen LogP contribution in [0.4, 0.5) is 0 Å². The van der Waals surface area contributed by atoms with Crippen LogP contribution >= 0.6 is 27.3 Å². The molecule has 0 aliphatic carbocycles. The lowest BCUT2D eigenvalue weighted by atomic mass is 9.99. The Balaban J connectivity index is 1.59. The minimum absolute atomic E-state index is 0.149. The van der Waals surface area contributed by atoms with Crippen molar-refractivity contribution >= 4 is 27.3 Å². The van der Waals surface area contributed by atoms with Crippen molar-refractivity contribution < 1.29 is 4.74 Å². The molecule has 4 heteroatoms. The van der Waals surface area contributed by atoms with Gasteiger partial charge in [-0.15, -0.1) is 11.3 Å². The van der Waals surface area contributed by atoms with Crippen LogP contribution in [0.15, 0.2) is 47.8 Å². The molecule has 24 heavy (non-hydrogen) atoms. The van der Waals surface area contributed by atoms with E-state index < -0.39 is 0 Å². The molecule has 1 fully saturated rings. The first-order chi connectivity index (χ1) is 11.8. The van der Waals surface area contributed by atoms with Gasteiger partial charge in [-0.3, -0.25) is 4.90 Å². The maximum Gasteiger partial charge on any atom is 0.131 e. The Morgan fingerprint density at radius 2 is 2.00 bits per heavy atom.